The van der Waals surface area contributed by atoms with E-state index in [0.29, 0.717) is 5.69 Å². The molecule has 0 unspecified atom stereocenters. The van der Waals surface area contributed by atoms with Gasteiger partial charge >= 0.3 is 0 Å². The Hall–Kier alpha value is -2.56. The molecular weight excluding hydrogens is 226 g/mol. The first kappa shape index (κ1) is 11.9. The summed E-state index contributed by atoms with van der Waals surface area (Å²) in [6.07, 6.45) is 6.34. The van der Waals surface area contributed by atoms with Crippen LogP contribution in [-0.4, -0.2) is 22.0 Å². The Morgan fingerprint density at radius 2 is 2.11 bits per heavy atom. The van der Waals surface area contributed by atoms with Crippen LogP contribution in [0.15, 0.2) is 53.1 Å². The van der Waals surface area contributed by atoms with Crippen LogP contribution in [0.2, 0.25) is 0 Å². The standard InChI is InChI=1S/C13H13N5/c1-10-4-2-3-5-11(10)8-17-18-13(14)12-9-15-6-7-16-12/h2-9H,1H3,(H2,14,18)/b17-8+. The van der Waals surface area contributed by atoms with Gasteiger partial charge in [-0.3, -0.25) is 4.98 Å². The van der Waals surface area contributed by atoms with E-state index in [1.807, 2.05) is 31.2 Å². The quantitative estimate of drug-likeness (QED) is 0.501. The zero-order valence-corrected chi connectivity index (χ0v) is 9.99. The lowest BCUT2D eigenvalue weighted by atomic mass is 10.1. The molecule has 5 heteroatoms. The largest absolute Gasteiger partial charge is 0.380 e. The van der Waals surface area contributed by atoms with Crippen LogP contribution < -0.4 is 5.73 Å². The molecule has 0 saturated heterocycles. The third-order valence-electron chi connectivity index (χ3n) is 2.38. The summed E-state index contributed by atoms with van der Waals surface area (Å²) in [6, 6.07) is 7.90. The SMILES string of the molecule is Cc1ccccc1/C=N/N=C(\N)c1cnccn1. The van der Waals surface area contributed by atoms with E-state index in [4.69, 9.17) is 5.73 Å². The molecular formula is C13H13N5. The van der Waals surface area contributed by atoms with Crippen LogP contribution in [0, 0.1) is 6.92 Å². The van der Waals surface area contributed by atoms with Gasteiger partial charge < -0.3 is 5.73 Å². The lowest BCUT2D eigenvalue weighted by Gasteiger charge is -1.97. The fraction of sp³-hybridized carbons (Fsp3) is 0.0769. The monoisotopic (exact) mass is 239 g/mol. The third-order valence-corrected chi connectivity index (χ3v) is 2.38. The number of aromatic nitrogens is 2. The van der Waals surface area contributed by atoms with Crippen molar-refractivity contribution in [2.75, 3.05) is 0 Å². The lowest BCUT2D eigenvalue weighted by Crippen LogP contribution is -2.14. The van der Waals surface area contributed by atoms with Crippen molar-refractivity contribution in [2.45, 2.75) is 6.92 Å². The van der Waals surface area contributed by atoms with Crippen molar-refractivity contribution >= 4 is 12.1 Å². The molecule has 0 saturated carbocycles. The maximum absolute atomic E-state index is 5.73. The van der Waals surface area contributed by atoms with E-state index in [2.05, 4.69) is 20.2 Å². The minimum absolute atomic E-state index is 0.243. The molecule has 1 aromatic heterocycles. The van der Waals surface area contributed by atoms with E-state index in [1.165, 1.54) is 0 Å². The van der Waals surface area contributed by atoms with Crippen molar-refractivity contribution in [3.8, 4) is 0 Å². The van der Waals surface area contributed by atoms with Crippen LogP contribution in [0.4, 0.5) is 0 Å². The van der Waals surface area contributed by atoms with E-state index in [9.17, 15) is 0 Å². The van der Waals surface area contributed by atoms with E-state index in [-0.39, 0.29) is 5.84 Å². The molecule has 2 aromatic rings. The molecule has 2 N–H and O–H groups in total. The normalized spacial score (nSPS) is 11.9. The lowest BCUT2D eigenvalue weighted by molar-refractivity contribution is 1.14. The van der Waals surface area contributed by atoms with Gasteiger partial charge in [0.2, 0.25) is 0 Å². The predicted molar refractivity (Wildman–Crippen MR) is 71.5 cm³/mol. The van der Waals surface area contributed by atoms with E-state index < -0.39 is 0 Å². The average molecular weight is 239 g/mol. The Kier molecular flexibility index (Phi) is 3.76. The number of hydrogen-bond acceptors (Lipinski definition) is 4. The number of hydrogen-bond donors (Lipinski definition) is 1. The molecule has 1 aromatic carbocycles. The summed E-state index contributed by atoms with van der Waals surface area (Å²) in [5, 5.41) is 7.84. The Morgan fingerprint density at radius 1 is 1.28 bits per heavy atom. The molecule has 0 atom stereocenters. The van der Waals surface area contributed by atoms with Gasteiger partial charge in [0.25, 0.3) is 0 Å². The Bertz CT molecular complexity index is 575. The van der Waals surface area contributed by atoms with Crippen LogP contribution in [0.1, 0.15) is 16.8 Å². The molecule has 18 heavy (non-hydrogen) atoms. The van der Waals surface area contributed by atoms with Crippen LogP contribution >= 0.6 is 0 Å². The first-order chi connectivity index (χ1) is 8.77. The molecule has 0 spiro atoms. The van der Waals surface area contributed by atoms with Gasteiger partial charge in [-0.25, -0.2) is 4.98 Å². The highest BCUT2D eigenvalue weighted by Crippen LogP contribution is 2.03. The van der Waals surface area contributed by atoms with Crippen LogP contribution in [0.25, 0.3) is 0 Å². The third kappa shape index (κ3) is 2.98. The molecule has 0 amide bonds. The van der Waals surface area contributed by atoms with Crippen LogP contribution in [0.5, 0.6) is 0 Å². The summed E-state index contributed by atoms with van der Waals surface area (Å²) < 4.78 is 0. The van der Waals surface area contributed by atoms with Crippen molar-refractivity contribution in [1.82, 2.24) is 9.97 Å². The number of benzene rings is 1. The number of nitrogens with two attached hydrogens (primary N) is 1. The van der Waals surface area contributed by atoms with Gasteiger partial charge in [0.05, 0.1) is 12.4 Å². The highest BCUT2D eigenvalue weighted by atomic mass is 15.2. The number of nitrogens with zero attached hydrogens (tertiary/aromatic N) is 4. The number of aryl methyl sites for hydroxylation is 1. The van der Waals surface area contributed by atoms with Crippen LogP contribution in [-0.2, 0) is 0 Å². The second-order valence-electron chi connectivity index (χ2n) is 3.68. The molecule has 1 heterocycles. The summed E-state index contributed by atoms with van der Waals surface area (Å²) in [5.41, 5.74) is 8.39. The van der Waals surface area contributed by atoms with Crippen molar-refractivity contribution in [3.05, 3.63) is 59.7 Å². The first-order valence-electron chi connectivity index (χ1n) is 5.46. The molecule has 0 aliphatic heterocycles. The Balaban J connectivity index is 2.14. The molecule has 0 radical (unpaired) electrons. The minimum atomic E-state index is 0.243. The van der Waals surface area contributed by atoms with E-state index >= 15 is 0 Å². The van der Waals surface area contributed by atoms with Crippen molar-refractivity contribution in [3.63, 3.8) is 0 Å². The average Bonchev–Trinajstić information content (AvgIpc) is 2.42. The topological polar surface area (TPSA) is 76.5 Å². The zero-order valence-electron chi connectivity index (χ0n) is 9.99. The van der Waals surface area contributed by atoms with Crippen LogP contribution in [0.3, 0.4) is 0 Å². The minimum Gasteiger partial charge on any atom is -0.380 e. The number of amidine groups is 1. The molecule has 2 rings (SSSR count). The van der Waals surface area contributed by atoms with Gasteiger partial charge in [-0.05, 0) is 18.1 Å². The summed E-state index contributed by atoms with van der Waals surface area (Å²) >= 11 is 0. The smallest absolute Gasteiger partial charge is 0.173 e. The van der Waals surface area contributed by atoms with Crippen molar-refractivity contribution < 1.29 is 0 Å². The summed E-state index contributed by atoms with van der Waals surface area (Å²) in [4.78, 5) is 7.94. The number of rotatable bonds is 3. The van der Waals surface area contributed by atoms with E-state index in [0.717, 1.165) is 11.1 Å². The Labute approximate surface area is 105 Å². The highest BCUT2D eigenvalue weighted by Gasteiger charge is 1.97. The van der Waals surface area contributed by atoms with Crippen molar-refractivity contribution in [2.24, 2.45) is 15.9 Å². The summed E-state index contributed by atoms with van der Waals surface area (Å²) in [6.45, 7) is 2.01. The maximum atomic E-state index is 5.73. The first-order valence-corrected chi connectivity index (χ1v) is 5.46. The van der Waals surface area contributed by atoms with Gasteiger partial charge in [-0.15, -0.1) is 5.10 Å². The fourth-order valence-electron chi connectivity index (χ4n) is 1.37. The van der Waals surface area contributed by atoms with Gasteiger partial charge in [-0.2, -0.15) is 5.10 Å². The van der Waals surface area contributed by atoms with Crippen molar-refractivity contribution in [1.29, 1.82) is 0 Å². The van der Waals surface area contributed by atoms with Gasteiger partial charge in [0.15, 0.2) is 5.84 Å². The second-order valence-corrected chi connectivity index (χ2v) is 3.68. The Morgan fingerprint density at radius 3 is 2.83 bits per heavy atom. The second kappa shape index (κ2) is 5.67. The van der Waals surface area contributed by atoms with Gasteiger partial charge in [0, 0.05) is 12.4 Å². The maximum Gasteiger partial charge on any atom is 0.173 e. The molecule has 0 aliphatic rings. The molecule has 5 nitrogen and oxygen atoms in total. The zero-order chi connectivity index (χ0) is 12.8. The predicted octanol–water partition coefficient (Wildman–Crippen LogP) is 1.52. The van der Waals surface area contributed by atoms with Gasteiger partial charge in [0.1, 0.15) is 5.69 Å². The van der Waals surface area contributed by atoms with E-state index in [1.54, 1.807) is 24.8 Å². The molecule has 0 fully saturated rings. The molecule has 90 valence electrons. The highest BCUT2D eigenvalue weighted by molar-refractivity contribution is 5.95. The molecule has 0 aliphatic carbocycles. The molecule has 0 bridgehead atoms. The summed E-state index contributed by atoms with van der Waals surface area (Å²) in [5.74, 6) is 0.243. The summed E-state index contributed by atoms with van der Waals surface area (Å²) in [7, 11) is 0. The fourth-order valence-corrected chi connectivity index (χ4v) is 1.37. The van der Waals surface area contributed by atoms with Gasteiger partial charge in [-0.1, -0.05) is 24.3 Å².